The highest BCUT2D eigenvalue weighted by Gasteiger charge is 2.30. The first-order valence-corrected chi connectivity index (χ1v) is 22.4. The van der Waals surface area contributed by atoms with Crippen molar-refractivity contribution >= 4 is 11.4 Å². The van der Waals surface area contributed by atoms with Gasteiger partial charge in [-0.3, -0.25) is 0 Å². The highest BCUT2D eigenvalue weighted by molar-refractivity contribution is 5.81. The van der Waals surface area contributed by atoms with E-state index in [1.54, 1.807) is 15.8 Å². The second-order valence-electron chi connectivity index (χ2n) is 15.8. The van der Waals surface area contributed by atoms with Gasteiger partial charge in [0.1, 0.15) is 0 Å². The van der Waals surface area contributed by atoms with E-state index in [9.17, 15) is 5.53 Å². The van der Waals surface area contributed by atoms with Gasteiger partial charge in [0.2, 0.25) is 11.4 Å². The van der Waals surface area contributed by atoms with Crippen molar-refractivity contribution in [2.75, 3.05) is 0 Å². The van der Waals surface area contributed by atoms with E-state index in [0.717, 1.165) is 112 Å². The van der Waals surface area contributed by atoms with Crippen LogP contribution in [0, 0.1) is 0 Å². The molecule has 2 heteroatoms. The number of benzene rings is 2. The number of nitrogens with zero attached hydrogens (tertiary/aromatic N) is 2. The van der Waals surface area contributed by atoms with E-state index in [-0.39, 0.29) is 0 Å². The van der Waals surface area contributed by atoms with Gasteiger partial charge in [-0.15, -0.1) is 0 Å². The minimum absolute atomic E-state index is 0.921. The Bertz CT molecular complexity index is 1400. The highest BCUT2D eigenvalue weighted by atomic mass is 15.2. The normalized spacial score (nSPS) is 13.3. The van der Waals surface area contributed by atoms with Crippen LogP contribution in [0.1, 0.15) is 215 Å². The summed E-state index contributed by atoms with van der Waals surface area (Å²) in [6.07, 6.45) is 38.1. The molecule has 0 aromatic heterocycles. The predicted octanol–water partition coefficient (Wildman–Crippen LogP) is 15.8. The van der Waals surface area contributed by atoms with Crippen LogP contribution >= 0.6 is 0 Å². The van der Waals surface area contributed by atoms with E-state index >= 15 is 0 Å². The number of allylic oxidation sites excluding steroid dienone is 4. The molecular weight excluding hydrogens is 629 g/mol. The molecule has 288 valence electrons. The summed E-state index contributed by atoms with van der Waals surface area (Å²) in [7, 11) is 0. The Balaban J connectivity index is 1.90. The zero-order valence-corrected chi connectivity index (χ0v) is 35.1. The van der Waals surface area contributed by atoms with Gasteiger partial charge in [-0.1, -0.05) is 170 Å². The molecule has 0 fully saturated rings. The lowest BCUT2D eigenvalue weighted by atomic mass is 9.89. The largest absolute Gasteiger partial charge is 0.493 e. The average molecular weight is 707 g/mol. The molecule has 0 aliphatic carbocycles. The fraction of sp³-hybridized carbons (Fsp3) is 0.640. The third kappa shape index (κ3) is 13.3. The molecular formula is C50H78N2. The Morgan fingerprint density at radius 3 is 1.25 bits per heavy atom. The zero-order chi connectivity index (χ0) is 37.6. The number of unbranched alkanes of at least 4 members (excludes halogenated alkanes) is 12. The van der Waals surface area contributed by atoms with Crippen molar-refractivity contribution < 1.29 is 4.70 Å². The lowest BCUT2D eigenvalue weighted by molar-refractivity contribution is -0.344. The molecule has 2 nitrogen and oxygen atoms in total. The van der Waals surface area contributed by atoms with Crippen molar-refractivity contribution in [2.24, 2.45) is 0 Å². The maximum Gasteiger partial charge on any atom is 0.214 e. The Labute approximate surface area is 322 Å². The molecule has 0 N–H and O–H groups in total. The molecule has 0 unspecified atom stereocenters. The molecule has 0 atom stereocenters. The van der Waals surface area contributed by atoms with Crippen LogP contribution in [0.4, 0.5) is 0 Å². The van der Waals surface area contributed by atoms with E-state index in [2.05, 4.69) is 91.0 Å². The van der Waals surface area contributed by atoms with E-state index in [1.165, 1.54) is 99.3 Å². The molecule has 52 heavy (non-hydrogen) atoms. The zero-order valence-electron chi connectivity index (χ0n) is 35.1. The maximum absolute atomic E-state index is 12.2. The van der Waals surface area contributed by atoms with Crippen LogP contribution in [0.5, 0.6) is 0 Å². The first-order chi connectivity index (χ1) is 25.5. The Morgan fingerprint density at radius 1 is 0.462 bits per heavy atom. The fourth-order valence-electron chi connectivity index (χ4n) is 8.45. The quantitative estimate of drug-likeness (QED) is 0.0622. The molecule has 1 aliphatic heterocycles. The Morgan fingerprint density at radius 2 is 0.846 bits per heavy atom. The van der Waals surface area contributed by atoms with Gasteiger partial charge in [0.25, 0.3) is 0 Å². The summed E-state index contributed by atoms with van der Waals surface area (Å²) in [4.78, 5) is 0. The number of aryl methyl sites for hydroxylation is 4. The van der Waals surface area contributed by atoms with E-state index < -0.39 is 0 Å². The molecule has 0 amide bonds. The Kier molecular flexibility index (Phi) is 21.3. The first-order valence-electron chi connectivity index (χ1n) is 22.4. The number of hydrogen-bond donors (Lipinski definition) is 0. The summed E-state index contributed by atoms with van der Waals surface area (Å²) in [6, 6.07) is 9.62. The van der Waals surface area contributed by atoms with Gasteiger partial charge in [-0.2, -0.15) is 0 Å². The molecule has 0 bridgehead atoms. The van der Waals surface area contributed by atoms with Crippen LogP contribution in [-0.4, -0.2) is 4.70 Å². The second-order valence-corrected chi connectivity index (χ2v) is 15.8. The van der Waals surface area contributed by atoms with Crippen LogP contribution in [0.2, 0.25) is 0 Å². The average Bonchev–Trinajstić information content (AvgIpc) is 3.46. The van der Waals surface area contributed by atoms with Gasteiger partial charge in [0, 0.05) is 17.2 Å². The van der Waals surface area contributed by atoms with Crippen LogP contribution in [0.3, 0.4) is 0 Å². The lowest BCUT2D eigenvalue weighted by Crippen LogP contribution is -2.08. The minimum Gasteiger partial charge on any atom is -0.493 e. The SMILES string of the molecule is CCCCCCCCCCCCCCC=CC1=C(c2cc(CCC)c(CCC)c(CCC)c2)[N+](=[N-])C(c2cc(CCC)c(CCC)c(CCC)c2)=C1. The molecule has 2 aromatic rings. The maximum atomic E-state index is 12.2. The van der Waals surface area contributed by atoms with Gasteiger partial charge >= 0.3 is 0 Å². The van der Waals surface area contributed by atoms with Crippen LogP contribution in [0.15, 0.2) is 48.1 Å². The molecule has 1 heterocycles. The van der Waals surface area contributed by atoms with E-state index in [0.29, 0.717) is 0 Å². The van der Waals surface area contributed by atoms with Gasteiger partial charge < -0.3 is 5.53 Å². The topological polar surface area (TPSA) is 25.3 Å². The van der Waals surface area contributed by atoms with Gasteiger partial charge in [-0.25, -0.2) is 4.70 Å². The summed E-state index contributed by atoms with van der Waals surface area (Å²) in [5, 5.41) is 0. The number of rotatable bonds is 28. The van der Waals surface area contributed by atoms with Crippen molar-refractivity contribution in [3.05, 3.63) is 98.1 Å². The lowest BCUT2D eigenvalue weighted by Gasteiger charge is -2.19. The number of hydrogen-bond acceptors (Lipinski definition) is 0. The summed E-state index contributed by atoms with van der Waals surface area (Å²) < 4.78 is 1.55. The molecule has 1 aliphatic rings. The third-order valence-corrected chi connectivity index (χ3v) is 11.0. The third-order valence-electron chi connectivity index (χ3n) is 11.0. The predicted molar refractivity (Wildman–Crippen MR) is 230 cm³/mol. The van der Waals surface area contributed by atoms with Crippen molar-refractivity contribution in [1.82, 2.24) is 0 Å². The van der Waals surface area contributed by atoms with Crippen molar-refractivity contribution in [3.63, 3.8) is 0 Å². The summed E-state index contributed by atoms with van der Waals surface area (Å²) in [5.41, 5.74) is 26.5. The van der Waals surface area contributed by atoms with E-state index in [1.807, 2.05) is 0 Å². The van der Waals surface area contributed by atoms with Gasteiger partial charge in [0.15, 0.2) is 0 Å². The Hall–Kier alpha value is -2.74. The second kappa shape index (κ2) is 25.3. The van der Waals surface area contributed by atoms with Gasteiger partial charge in [-0.05, 0) is 109 Å². The molecule has 0 spiro atoms. The van der Waals surface area contributed by atoms with Crippen molar-refractivity contribution in [3.8, 4) is 0 Å². The smallest absolute Gasteiger partial charge is 0.214 e. The van der Waals surface area contributed by atoms with Crippen molar-refractivity contribution in [2.45, 2.75) is 209 Å². The standard InChI is InChI=1S/C50H78N2/c1-8-15-16-17-18-19-20-21-22-23-24-25-26-27-34-44-39-49(45-35-40(28-9-2)47(32-13-6)41(36-45)29-10-3)52(51)50(44)46-37-42(30-11-4)48(33-14-7)43(38-46)31-12-5/h27,34-39H,8-26,28-33H2,1-7H3. The van der Waals surface area contributed by atoms with Crippen LogP contribution in [0.25, 0.3) is 16.9 Å². The van der Waals surface area contributed by atoms with Crippen LogP contribution < -0.4 is 0 Å². The molecule has 3 rings (SSSR count). The molecule has 0 saturated carbocycles. The first kappa shape index (κ1) is 43.7. The minimum atomic E-state index is 0.921. The summed E-state index contributed by atoms with van der Waals surface area (Å²) >= 11 is 0. The van der Waals surface area contributed by atoms with Crippen LogP contribution in [-0.2, 0) is 38.5 Å². The highest BCUT2D eigenvalue weighted by Crippen LogP contribution is 2.39. The van der Waals surface area contributed by atoms with E-state index in [4.69, 9.17) is 0 Å². The summed E-state index contributed by atoms with van der Waals surface area (Å²) in [5.74, 6) is 0. The van der Waals surface area contributed by atoms with Crippen molar-refractivity contribution in [1.29, 1.82) is 0 Å². The monoisotopic (exact) mass is 707 g/mol. The molecule has 0 radical (unpaired) electrons. The summed E-state index contributed by atoms with van der Waals surface area (Å²) in [6.45, 7) is 16.1. The fourth-order valence-corrected chi connectivity index (χ4v) is 8.45. The molecule has 2 aromatic carbocycles. The van der Waals surface area contributed by atoms with Gasteiger partial charge in [0.05, 0.1) is 5.57 Å². The molecule has 0 saturated heterocycles.